The predicted octanol–water partition coefficient (Wildman–Crippen LogP) is -0.913. The normalized spacial score (nSPS) is 18.8. The molecule has 0 atom stereocenters. The molecule has 0 aromatic heterocycles. The first-order valence-electron chi connectivity index (χ1n) is 6.27. The van der Waals surface area contributed by atoms with E-state index >= 15 is 0 Å². The van der Waals surface area contributed by atoms with Crippen LogP contribution in [-0.4, -0.2) is 51.6 Å². The standard InChI is InChI=1S/C11H18N4O4S2/c1-9-10(12)3-2-4-11(9)20(16,17)14-5-7-15(8-6-14)21(13,18)19/h2-4H,5-8,12H2,1H3,(H2,13,18,19). The van der Waals surface area contributed by atoms with Crippen LogP contribution in [0.5, 0.6) is 0 Å². The molecule has 1 saturated heterocycles. The number of rotatable bonds is 3. The Labute approximate surface area is 124 Å². The third kappa shape index (κ3) is 3.19. The number of hydrogen-bond donors (Lipinski definition) is 2. The SMILES string of the molecule is Cc1c(N)cccc1S(=O)(=O)N1CCN(S(N)(=O)=O)CC1. The number of nitrogens with zero attached hydrogens (tertiary/aromatic N) is 2. The summed E-state index contributed by atoms with van der Waals surface area (Å²) >= 11 is 0. The number of nitrogen functional groups attached to an aromatic ring is 1. The fourth-order valence-electron chi connectivity index (χ4n) is 2.21. The molecule has 1 fully saturated rings. The van der Waals surface area contributed by atoms with Crippen molar-refractivity contribution in [2.24, 2.45) is 5.14 Å². The Morgan fingerprint density at radius 2 is 1.52 bits per heavy atom. The van der Waals surface area contributed by atoms with Crippen molar-refractivity contribution in [2.45, 2.75) is 11.8 Å². The summed E-state index contributed by atoms with van der Waals surface area (Å²) in [5.74, 6) is 0. The zero-order valence-corrected chi connectivity index (χ0v) is 13.2. The molecule has 2 rings (SSSR count). The van der Waals surface area contributed by atoms with Gasteiger partial charge in [-0.1, -0.05) is 6.07 Å². The van der Waals surface area contributed by atoms with Crippen LogP contribution in [0.1, 0.15) is 5.56 Å². The van der Waals surface area contributed by atoms with Gasteiger partial charge in [0.25, 0.3) is 10.2 Å². The minimum atomic E-state index is -3.78. The second kappa shape index (κ2) is 5.54. The van der Waals surface area contributed by atoms with Crippen molar-refractivity contribution in [1.29, 1.82) is 0 Å². The van der Waals surface area contributed by atoms with E-state index in [-0.39, 0.29) is 31.1 Å². The summed E-state index contributed by atoms with van der Waals surface area (Å²) in [6, 6.07) is 4.70. The molecule has 1 aliphatic heterocycles. The van der Waals surface area contributed by atoms with E-state index in [1.54, 1.807) is 19.1 Å². The lowest BCUT2D eigenvalue weighted by Crippen LogP contribution is -2.52. The van der Waals surface area contributed by atoms with Gasteiger partial charge in [-0.25, -0.2) is 13.6 Å². The molecule has 0 saturated carbocycles. The van der Waals surface area contributed by atoms with Gasteiger partial charge in [0.15, 0.2) is 0 Å². The molecule has 0 amide bonds. The van der Waals surface area contributed by atoms with Gasteiger partial charge in [0, 0.05) is 31.9 Å². The summed E-state index contributed by atoms with van der Waals surface area (Å²) < 4.78 is 49.9. The van der Waals surface area contributed by atoms with Gasteiger partial charge in [-0.15, -0.1) is 0 Å². The van der Waals surface area contributed by atoms with Crippen molar-refractivity contribution < 1.29 is 16.8 Å². The van der Waals surface area contributed by atoms with Crippen molar-refractivity contribution >= 4 is 25.9 Å². The Kier molecular flexibility index (Phi) is 4.26. The Balaban J connectivity index is 2.25. The first-order chi connectivity index (χ1) is 9.64. The van der Waals surface area contributed by atoms with Crippen LogP contribution >= 0.6 is 0 Å². The van der Waals surface area contributed by atoms with Crippen LogP contribution in [-0.2, 0) is 20.2 Å². The molecule has 0 radical (unpaired) electrons. The van der Waals surface area contributed by atoms with E-state index in [1.165, 1.54) is 10.4 Å². The largest absolute Gasteiger partial charge is 0.398 e. The minimum absolute atomic E-state index is 0.0411. The van der Waals surface area contributed by atoms with E-state index in [9.17, 15) is 16.8 Å². The van der Waals surface area contributed by atoms with E-state index in [1.807, 2.05) is 0 Å². The number of anilines is 1. The lowest BCUT2D eigenvalue weighted by atomic mass is 10.2. The van der Waals surface area contributed by atoms with Crippen molar-refractivity contribution in [3.8, 4) is 0 Å². The minimum Gasteiger partial charge on any atom is -0.398 e. The monoisotopic (exact) mass is 334 g/mol. The molecular weight excluding hydrogens is 316 g/mol. The van der Waals surface area contributed by atoms with Crippen LogP contribution in [0.25, 0.3) is 0 Å². The van der Waals surface area contributed by atoms with Gasteiger partial charge in [0.05, 0.1) is 4.90 Å². The fourth-order valence-corrected chi connectivity index (χ4v) is 4.56. The van der Waals surface area contributed by atoms with Gasteiger partial charge < -0.3 is 5.73 Å². The van der Waals surface area contributed by atoms with Gasteiger partial charge in [0.2, 0.25) is 10.0 Å². The molecule has 0 bridgehead atoms. The highest BCUT2D eigenvalue weighted by Crippen LogP contribution is 2.24. The van der Waals surface area contributed by atoms with E-state index < -0.39 is 20.2 Å². The van der Waals surface area contributed by atoms with E-state index in [0.717, 1.165) is 4.31 Å². The third-order valence-electron chi connectivity index (χ3n) is 3.50. The number of hydrogen-bond acceptors (Lipinski definition) is 5. The van der Waals surface area contributed by atoms with Crippen LogP contribution in [0.2, 0.25) is 0 Å². The Bertz CT molecular complexity index is 737. The maximum Gasteiger partial charge on any atom is 0.276 e. The molecule has 21 heavy (non-hydrogen) atoms. The Morgan fingerprint density at radius 3 is 2.05 bits per heavy atom. The summed E-state index contributed by atoms with van der Waals surface area (Å²) in [7, 11) is -7.48. The van der Waals surface area contributed by atoms with Crippen LogP contribution in [0, 0.1) is 6.92 Å². The molecule has 118 valence electrons. The van der Waals surface area contributed by atoms with Crippen molar-refractivity contribution in [2.75, 3.05) is 31.9 Å². The summed E-state index contributed by atoms with van der Waals surface area (Å²) in [6.07, 6.45) is 0. The summed E-state index contributed by atoms with van der Waals surface area (Å²) in [5.41, 5.74) is 6.63. The highest BCUT2D eigenvalue weighted by molar-refractivity contribution is 7.89. The van der Waals surface area contributed by atoms with E-state index in [4.69, 9.17) is 10.9 Å². The fraction of sp³-hybridized carbons (Fsp3) is 0.455. The molecule has 10 heteroatoms. The van der Waals surface area contributed by atoms with Gasteiger partial charge >= 0.3 is 0 Å². The number of nitrogens with two attached hydrogens (primary N) is 2. The van der Waals surface area contributed by atoms with Gasteiger partial charge in [-0.2, -0.15) is 17.0 Å². The maximum atomic E-state index is 12.6. The van der Waals surface area contributed by atoms with Gasteiger partial charge in [0.1, 0.15) is 0 Å². The van der Waals surface area contributed by atoms with Crippen molar-refractivity contribution in [3.63, 3.8) is 0 Å². The van der Waals surface area contributed by atoms with Gasteiger partial charge in [-0.05, 0) is 24.6 Å². The lowest BCUT2D eigenvalue weighted by Gasteiger charge is -2.32. The number of sulfonamides is 1. The second-order valence-electron chi connectivity index (χ2n) is 4.82. The maximum absolute atomic E-state index is 12.6. The van der Waals surface area contributed by atoms with Crippen LogP contribution in [0.4, 0.5) is 5.69 Å². The third-order valence-corrected chi connectivity index (χ3v) is 6.63. The van der Waals surface area contributed by atoms with E-state index in [0.29, 0.717) is 11.3 Å². The first-order valence-corrected chi connectivity index (χ1v) is 9.21. The molecule has 0 spiro atoms. The zero-order valence-electron chi connectivity index (χ0n) is 11.6. The number of piperazine rings is 1. The Morgan fingerprint density at radius 1 is 1.00 bits per heavy atom. The molecule has 4 N–H and O–H groups in total. The quantitative estimate of drug-likeness (QED) is 0.692. The highest BCUT2D eigenvalue weighted by atomic mass is 32.2. The highest BCUT2D eigenvalue weighted by Gasteiger charge is 2.32. The number of benzene rings is 1. The molecule has 1 aromatic rings. The van der Waals surface area contributed by atoms with Crippen molar-refractivity contribution in [3.05, 3.63) is 23.8 Å². The summed E-state index contributed by atoms with van der Waals surface area (Å²) in [4.78, 5) is 0.145. The topological polar surface area (TPSA) is 127 Å². The molecule has 1 aromatic carbocycles. The summed E-state index contributed by atoms with van der Waals surface area (Å²) in [6.45, 7) is 1.85. The molecule has 8 nitrogen and oxygen atoms in total. The molecule has 0 aliphatic carbocycles. The van der Waals surface area contributed by atoms with E-state index in [2.05, 4.69) is 0 Å². The molecule has 1 heterocycles. The molecule has 0 unspecified atom stereocenters. The van der Waals surface area contributed by atoms with Crippen LogP contribution < -0.4 is 10.9 Å². The predicted molar refractivity (Wildman–Crippen MR) is 79.0 cm³/mol. The van der Waals surface area contributed by atoms with Crippen molar-refractivity contribution in [1.82, 2.24) is 8.61 Å². The second-order valence-corrected chi connectivity index (χ2v) is 8.27. The lowest BCUT2D eigenvalue weighted by molar-refractivity contribution is 0.273. The van der Waals surface area contributed by atoms with Crippen LogP contribution in [0.15, 0.2) is 23.1 Å². The molecular formula is C11H18N4O4S2. The summed E-state index contributed by atoms with van der Waals surface area (Å²) in [5, 5.41) is 5.03. The average Bonchev–Trinajstić information content (AvgIpc) is 2.41. The zero-order chi connectivity index (χ0) is 15.8. The Hall–Kier alpha value is -1.20. The van der Waals surface area contributed by atoms with Crippen LogP contribution in [0.3, 0.4) is 0 Å². The molecule has 1 aliphatic rings. The average molecular weight is 334 g/mol. The smallest absolute Gasteiger partial charge is 0.276 e. The first kappa shape index (κ1) is 16.2. The van der Waals surface area contributed by atoms with Gasteiger partial charge in [-0.3, -0.25) is 0 Å².